The maximum atomic E-state index is 11.0. The summed E-state index contributed by atoms with van der Waals surface area (Å²) in [7, 11) is 5.69. The van der Waals surface area contributed by atoms with Gasteiger partial charge in [0.2, 0.25) is 0 Å². The normalized spacial score (nSPS) is 27.2. The van der Waals surface area contributed by atoms with Crippen molar-refractivity contribution in [2.75, 3.05) is 33.5 Å². The van der Waals surface area contributed by atoms with Crippen LogP contribution >= 0.6 is 11.8 Å². The number of methoxy groups -OCH3 is 1. The molecule has 1 aromatic rings. The van der Waals surface area contributed by atoms with Crippen LogP contribution in [-0.4, -0.2) is 58.5 Å². The van der Waals surface area contributed by atoms with Gasteiger partial charge >= 0.3 is 0 Å². The first-order valence-electron chi connectivity index (χ1n) is 6.58. The number of aliphatic hydroxyl groups is 1. The number of rotatable bonds is 5. The van der Waals surface area contributed by atoms with E-state index < -0.39 is 5.60 Å². The average Bonchev–Trinajstić information content (AvgIpc) is 2.92. The van der Waals surface area contributed by atoms with Crippen LogP contribution in [0.4, 0.5) is 0 Å². The highest BCUT2D eigenvalue weighted by Gasteiger charge is 2.45. The van der Waals surface area contributed by atoms with E-state index in [0.717, 1.165) is 31.0 Å². The lowest BCUT2D eigenvalue weighted by Gasteiger charge is -2.28. The zero-order valence-corrected chi connectivity index (χ0v) is 12.9. The molecule has 1 N–H and O–H groups in total. The summed E-state index contributed by atoms with van der Waals surface area (Å²) in [6, 6.07) is 0. The Morgan fingerprint density at radius 2 is 2.37 bits per heavy atom. The molecule has 0 spiro atoms. The van der Waals surface area contributed by atoms with Crippen molar-refractivity contribution in [1.29, 1.82) is 0 Å². The molecule has 2 atom stereocenters. The van der Waals surface area contributed by atoms with E-state index in [9.17, 15) is 5.11 Å². The quantitative estimate of drug-likeness (QED) is 0.880. The smallest absolute Gasteiger partial charge is 0.162 e. The highest BCUT2D eigenvalue weighted by Crippen LogP contribution is 2.45. The second-order valence-electron chi connectivity index (χ2n) is 5.28. The molecule has 1 aliphatic rings. The Morgan fingerprint density at radius 1 is 1.63 bits per heavy atom. The zero-order valence-electron chi connectivity index (χ0n) is 12.1. The summed E-state index contributed by atoms with van der Waals surface area (Å²) in [5.74, 6) is 1.66. The molecule has 0 bridgehead atoms. The predicted molar refractivity (Wildman–Crippen MR) is 77.8 cm³/mol. The molecule has 1 aromatic heterocycles. The van der Waals surface area contributed by atoms with Crippen LogP contribution in [0.15, 0.2) is 6.20 Å². The summed E-state index contributed by atoms with van der Waals surface area (Å²) < 4.78 is 7.28. The number of nitrogens with zero attached hydrogens (tertiary/aromatic N) is 3. The van der Waals surface area contributed by atoms with Gasteiger partial charge in [0, 0.05) is 11.8 Å². The molecule has 0 aromatic carbocycles. The molecule has 1 aliphatic heterocycles. The number of hydrogen-bond acceptors (Lipinski definition) is 5. The second-order valence-corrected chi connectivity index (χ2v) is 6.72. The number of aromatic nitrogens is 2. The average molecular weight is 285 g/mol. The van der Waals surface area contributed by atoms with Crippen molar-refractivity contribution in [1.82, 2.24) is 14.7 Å². The van der Waals surface area contributed by atoms with Crippen molar-refractivity contribution < 1.29 is 9.84 Å². The first-order chi connectivity index (χ1) is 8.99. The van der Waals surface area contributed by atoms with Crippen LogP contribution < -0.4 is 4.74 Å². The van der Waals surface area contributed by atoms with Crippen molar-refractivity contribution in [3.8, 4) is 5.75 Å². The van der Waals surface area contributed by atoms with E-state index in [2.05, 4.69) is 16.9 Å². The molecule has 2 heterocycles. The Bertz CT molecular complexity index is 436. The lowest BCUT2D eigenvalue weighted by molar-refractivity contribution is 0.0304. The topological polar surface area (TPSA) is 50.5 Å². The van der Waals surface area contributed by atoms with Crippen LogP contribution in [0, 0.1) is 0 Å². The van der Waals surface area contributed by atoms with Crippen LogP contribution in [-0.2, 0) is 12.1 Å². The fourth-order valence-electron chi connectivity index (χ4n) is 2.46. The van der Waals surface area contributed by atoms with Crippen molar-refractivity contribution >= 4 is 11.8 Å². The molecule has 1 saturated heterocycles. The summed E-state index contributed by atoms with van der Waals surface area (Å²) in [6.45, 7) is 3.71. The van der Waals surface area contributed by atoms with Gasteiger partial charge in [-0.15, -0.1) is 0 Å². The third-order valence-electron chi connectivity index (χ3n) is 3.72. The fraction of sp³-hybridized carbons (Fsp3) is 0.769. The van der Waals surface area contributed by atoms with Crippen LogP contribution in [0.25, 0.3) is 0 Å². The van der Waals surface area contributed by atoms with E-state index in [0.29, 0.717) is 5.75 Å². The lowest BCUT2D eigenvalue weighted by Crippen LogP contribution is -2.35. The van der Waals surface area contributed by atoms with Gasteiger partial charge in [-0.2, -0.15) is 16.9 Å². The largest absolute Gasteiger partial charge is 0.493 e. The van der Waals surface area contributed by atoms with Crippen LogP contribution in [0.5, 0.6) is 5.75 Å². The van der Waals surface area contributed by atoms with Crippen LogP contribution in [0.2, 0.25) is 0 Å². The monoisotopic (exact) mass is 285 g/mol. The number of hydrogen-bond donors (Lipinski definition) is 1. The Hall–Kier alpha value is -0.720. The molecule has 0 radical (unpaired) electrons. The summed E-state index contributed by atoms with van der Waals surface area (Å²) >= 11 is 1.80. The van der Waals surface area contributed by atoms with Crippen molar-refractivity contribution in [3.05, 3.63) is 11.9 Å². The van der Waals surface area contributed by atoms with Gasteiger partial charge in [-0.3, -0.25) is 4.68 Å². The van der Waals surface area contributed by atoms with E-state index in [4.69, 9.17) is 4.74 Å². The Morgan fingerprint density at radius 3 is 2.89 bits per heavy atom. The summed E-state index contributed by atoms with van der Waals surface area (Å²) in [6.07, 6.45) is 2.46. The Labute approximate surface area is 118 Å². The summed E-state index contributed by atoms with van der Waals surface area (Å²) in [5.41, 5.74) is -0.00640. The Balaban J connectivity index is 2.33. The van der Waals surface area contributed by atoms with Gasteiger partial charge in [0.25, 0.3) is 0 Å². The van der Waals surface area contributed by atoms with Gasteiger partial charge in [-0.25, -0.2) is 0 Å². The maximum absolute atomic E-state index is 11.0. The lowest BCUT2D eigenvalue weighted by atomic mass is 9.92. The third kappa shape index (κ3) is 2.75. The third-order valence-corrected chi connectivity index (χ3v) is 5.05. The molecular formula is C13H23N3O2S. The van der Waals surface area contributed by atoms with Crippen LogP contribution in [0.3, 0.4) is 0 Å². The maximum Gasteiger partial charge on any atom is 0.162 e. The van der Waals surface area contributed by atoms with Gasteiger partial charge in [0.1, 0.15) is 11.3 Å². The molecule has 0 saturated carbocycles. The molecule has 108 valence electrons. The summed E-state index contributed by atoms with van der Waals surface area (Å²) in [4.78, 5) is 2.11. The first-order valence-corrected chi connectivity index (χ1v) is 7.63. The van der Waals surface area contributed by atoms with Crippen LogP contribution in [0.1, 0.15) is 19.0 Å². The van der Waals surface area contributed by atoms with E-state index in [1.807, 2.05) is 18.8 Å². The zero-order chi connectivity index (χ0) is 14.0. The van der Waals surface area contributed by atoms with Crippen molar-refractivity contribution in [3.63, 3.8) is 0 Å². The van der Waals surface area contributed by atoms with E-state index >= 15 is 0 Å². The summed E-state index contributed by atoms with van der Waals surface area (Å²) in [5, 5.41) is 15.5. The molecule has 0 aliphatic carbocycles. The van der Waals surface area contributed by atoms with Crippen molar-refractivity contribution in [2.45, 2.75) is 30.7 Å². The minimum absolute atomic E-state index is 0.163. The SMILES string of the molecule is COc1cnn(CCN(C)C)c1C1(O)CCSC1C. The highest BCUT2D eigenvalue weighted by atomic mass is 32.2. The molecule has 5 nitrogen and oxygen atoms in total. The van der Waals surface area contributed by atoms with Gasteiger partial charge in [0.05, 0.1) is 19.9 Å². The Kier molecular flexibility index (Phi) is 4.43. The molecule has 2 rings (SSSR count). The van der Waals surface area contributed by atoms with E-state index in [1.165, 1.54) is 0 Å². The van der Waals surface area contributed by atoms with E-state index in [1.54, 1.807) is 25.1 Å². The van der Waals surface area contributed by atoms with Crippen molar-refractivity contribution in [2.24, 2.45) is 0 Å². The highest BCUT2D eigenvalue weighted by molar-refractivity contribution is 8.00. The second kappa shape index (κ2) is 5.73. The van der Waals surface area contributed by atoms with E-state index in [-0.39, 0.29) is 5.25 Å². The molecule has 1 fully saturated rings. The number of thioether (sulfide) groups is 1. The minimum Gasteiger partial charge on any atom is -0.493 e. The van der Waals surface area contributed by atoms with Gasteiger partial charge < -0.3 is 14.7 Å². The standard InChI is InChI=1S/C13H23N3O2S/c1-10-13(17,5-8-19-10)12-11(18-4)9-14-16(12)7-6-15(2)3/h9-10,17H,5-8H2,1-4H3. The molecule has 0 amide bonds. The molecule has 19 heavy (non-hydrogen) atoms. The molecule has 2 unspecified atom stereocenters. The molecular weight excluding hydrogens is 262 g/mol. The number of ether oxygens (including phenoxy) is 1. The predicted octanol–water partition coefficient (Wildman–Crippen LogP) is 1.17. The molecule has 6 heteroatoms. The van der Waals surface area contributed by atoms with Gasteiger partial charge in [-0.1, -0.05) is 6.92 Å². The minimum atomic E-state index is -0.835. The number of likely N-dealkylation sites (N-methyl/N-ethyl adjacent to an activating group) is 1. The van der Waals surface area contributed by atoms with Gasteiger partial charge in [0.15, 0.2) is 5.75 Å². The fourth-order valence-corrected chi connectivity index (χ4v) is 3.75. The first kappa shape index (κ1) is 14.7. The van der Waals surface area contributed by atoms with Gasteiger partial charge in [-0.05, 0) is 26.3 Å².